The second-order valence-electron chi connectivity index (χ2n) is 5.09. The second kappa shape index (κ2) is 6.32. The van der Waals surface area contributed by atoms with Crippen molar-refractivity contribution in [3.05, 3.63) is 57.9 Å². The van der Waals surface area contributed by atoms with Gasteiger partial charge in [-0.3, -0.25) is 15.2 Å². The van der Waals surface area contributed by atoms with Crippen LogP contribution in [0.15, 0.2) is 36.4 Å². The fourth-order valence-electron chi connectivity index (χ4n) is 2.01. The molecule has 3 aromatic rings. The third kappa shape index (κ3) is 3.64. The van der Waals surface area contributed by atoms with E-state index < -0.39 is 4.92 Å². The van der Waals surface area contributed by atoms with E-state index in [2.05, 4.69) is 25.5 Å². The molecule has 9 heteroatoms. The maximum absolute atomic E-state index is 10.7. The number of rotatable bonds is 5. The van der Waals surface area contributed by atoms with E-state index in [1.807, 2.05) is 19.9 Å². The third-order valence-electron chi connectivity index (χ3n) is 3.05. The molecule has 9 nitrogen and oxygen atoms in total. The van der Waals surface area contributed by atoms with Gasteiger partial charge in [0.1, 0.15) is 11.6 Å². The summed E-state index contributed by atoms with van der Waals surface area (Å²) in [6.45, 7) is 3.71. The molecule has 0 unspecified atom stereocenters. The lowest BCUT2D eigenvalue weighted by Crippen LogP contribution is -2.00. The lowest BCUT2D eigenvalue weighted by atomic mass is 10.3. The first kappa shape index (κ1) is 15.4. The molecule has 0 aliphatic carbocycles. The number of H-pyrrole nitrogens is 1. The van der Waals surface area contributed by atoms with Gasteiger partial charge < -0.3 is 10.1 Å². The van der Waals surface area contributed by atoms with E-state index in [9.17, 15) is 10.1 Å². The van der Waals surface area contributed by atoms with Crippen LogP contribution in [0.3, 0.4) is 0 Å². The first-order chi connectivity index (χ1) is 11.5. The Labute approximate surface area is 136 Å². The molecule has 0 amide bonds. The van der Waals surface area contributed by atoms with Crippen LogP contribution in [0.1, 0.15) is 11.4 Å². The summed E-state index contributed by atoms with van der Waals surface area (Å²) in [5.41, 5.74) is 1.62. The Kier molecular flexibility index (Phi) is 4.06. The number of aromatic nitrogens is 4. The quantitative estimate of drug-likeness (QED) is 0.545. The Morgan fingerprint density at radius 2 is 1.88 bits per heavy atom. The van der Waals surface area contributed by atoms with Crippen LogP contribution in [0.25, 0.3) is 0 Å². The third-order valence-corrected chi connectivity index (χ3v) is 3.05. The van der Waals surface area contributed by atoms with Crippen molar-refractivity contribution in [1.82, 2.24) is 20.2 Å². The summed E-state index contributed by atoms with van der Waals surface area (Å²) in [6.07, 6.45) is 0. The molecular weight excluding hydrogens is 312 g/mol. The predicted octanol–water partition coefficient (Wildman–Crippen LogP) is 3.26. The molecule has 0 saturated heterocycles. The molecule has 3 rings (SSSR count). The van der Waals surface area contributed by atoms with E-state index in [4.69, 9.17) is 4.74 Å². The van der Waals surface area contributed by atoms with Gasteiger partial charge in [-0.05, 0) is 26.0 Å². The van der Waals surface area contributed by atoms with Gasteiger partial charge in [-0.25, -0.2) is 4.98 Å². The van der Waals surface area contributed by atoms with Crippen molar-refractivity contribution < 1.29 is 9.66 Å². The van der Waals surface area contributed by atoms with E-state index >= 15 is 0 Å². The highest BCUT2D eigenvalue weighted by atomic mass is 16.6. The largest absolute Gasteiger partial charge is 0.424 e. The van der Waals surface area contributed by atoms with Gasteiger partial charge in [-0.15, -0.1) is 0 Å². The van der Waals surface area contributed by atoms with Crippen LogP contribution in [0.5, 0.6) is 11.8 Å². The van der Waals surface area contributed by atoms with Crippen molar-refractivity contribution in [2.75, 3.05) is 5.32 Å². The SMILES string of the molecule is Cc1cc(Nc2cc(C)[nH]n2)nc(Oc2ccc([N+](=O)[O-])cc2)n1. The summed E-state index contributed by atoms with van der Waals surface area (Å²) in [7, 11) is 0. The number of ether oxygens (including phenoxy) is 1. The zero-order chi connectivity index (χ0) is 17.1. The Bertz CT molecular complexity index is 875. The van der Waals surface area contributed by atoms with Crippen molar-refractivity contribution in [2.24, 2.45) is 0 Å². The van der Waals surface area contributed by atoms with E-state index in [1.165, 1.54) is 24.3 Å². The maximum Gasteiger partial charge on any atom is 0.324 e. The predicted molar refractivity (Wildman–Crippen MR) is 86.5 cm³/mol. The summed E-state index contributed by atoms with van der Waals surface area (Å²) in [6, 6.07) is 9.44. The van der Waals surface area contributed by atoms with Crippen LogP contribution in [0.4, 0.5) is 17.3 Å². The number of non-ortho nitro benzene ring substituents is 1. The van der Waals surface area contributed by atoms with Crippen LogP contribution in [0.2, 0.25) is 0 Å². The number of benzene rings is 1. The minimum atomic E-state index is -0.471. The fraction of sp³-hybridized carbons (Fsp3) is 0.133. The number of hydrogen-bond acceptors (Lipinski definition) is 7. The van der Waals surface area contributed by atoms with Gasteiger partial charge in [0.05, 0.1) is 4.92 Å². The molecule has 2 heterocycles. The minimum Gasteiger partial charge on any atom is -0.424 e. The van der Waals surface area contributed by atoms with E-state index in [0.29, 0.717) is 23.1 Å². The zero-order valence-corrected chi connectivity index (χ0v) is 13.0. The normalized spacial score (nSPS) is 10.4. The Morgan fingerprint density at radius 1 is 1.12 bits per heavy atom. The van der Waals surface area contributed by atoms with Gasteiger partial charge >= 0.3 is 6.01 Å². The number of nitro groups is 1. The van der Waals surface area contributed by atoms with E-state index in [0.717, 1.165) is 5.69 Å². The first-order valence-corrected chi connectivity index (χ1v) is 7.06. The fourth-order valence-corrected chi connectivity index (χ4v) is 2.01. The molecular formula is C15H14N6O3. The molecule has 122 valence electrons. The number of nitrogens with one attached hydrogen (secondary N) is 2. The van der Waals surface area contributed by atoms with E-state index in [-0.39, 0.29) is 11.7 Å². The van der Waals surface area contributed by atoms with Crippen LogP contribution in [0, 0.1) is 24.0 Å². The Morgan fingerprint density at radius 3 is 2.50 bits per heavy atom. The highest BCUT2D eigenvalue weighted by Crippen LogP contribution is 2.23. The van der Waals surface area contributed by atoms with Crippen molar-refractivity contribution in [1.29, 1.82) is 0 Å². The molecule has 0 fully saturated rings. The molecule has 0 saturated carbocycles. The zero-order valence-electron chi connectivity index (χ0n) is 13.0. The number of nitro benzene ring substituents is 1. The van der Waals surface area contributed by atoms with Gasteiger partial charge in [0.2, 0.25) is 0 Å². The topological polar surface area (TPSA) is 119 Å². The average Bonchev–Trinajstić information content (AvgIpc) is 2.92. The second-order valence-corrected chi connectivity index (χ2v) is 5.09. The van der Waals surface area contributed by atoms with E-state index in [1.54, 1.807) is 6.07 Å². The summed E-state index contributed by atoms with van der Waals surface area (Å²) in [4.78, 5) is 18.6. The van der Waals surface area contributed by atoms with Gasteiger partial charge in [0.15, 0.2) is 5.82 Å². The molecule has 0 bridgehead atoms. The van der Waals surface area contributed by atoms with Crippen molar-refractivity contribution in [3.63, 3.8) is 0 Å². The van der Waals surface area contributed by atoms with Crippen LogP contribution >= 0.6 is 0 Å². The molecule has 0 atom stereocenters. The Balaban J connectivity index is 1.79. The lowest BCUT2D eigenvalue weighted by molar-refractivity contribution is -0.384. The molecule has 0 radical (unpaired) electrons. The smallest absolute Gasteiger partial charge is 0.324 e. The average molecular weight is 326 g/mol. The number of nitrogens with zero attached hydrogens (tertiary/aromatic N) is 4. The van der Waals surface area contributed by atoms with Crippen LogP contribution in [-0.4, -0.2) is 25.1 Å². The summed E-state index contributed by atoms with van der Waals surface area (Å²) >= 11 is 0. The molecule has 2 N–H and O–H groups in total. The van der Waals surface area contributed by atoms with Crippen molar-refractivity contribution >= 4 is 17.3 Å². The molecule has 1 aromatic carbocycles. The summed E-state index contributed by atoms with van der Waals surface area (Å²) < 4.78 is 5.56. The van der Waals surface area contributed by atoms with Crippen molar-refractivity contribution in [2.45, 2.75) is 13.8 Å². The molecule has 0 spiro atoms. The van der Waals surface area contributed by atoms with Gasteiger partial charge in [0, 0.05) is 35.7 Å². The van der Waals surface area contributed by atoms with Gasteiger partial charge in [0.25, 0.3) is 5.69 Å². The maximum atomic E-state index is 10.7. The lowest BCUT2D eigenvalue weighted by Gasteiger charge is -2.07. The molecule has 0 aliphatic rings. The van der Waals surface area contributed by atoms with Crippen molar-refractivity contribution in [3.8, 4) is 11.8 Å². The Hall–Kier alpha value is -3.49. The highest BCUT2D eigenvalue weighted by Gasteiger charge is 2.09. The molecule has 24 heavy (non-hydrogen) atoms. The van der Waals surface area contributed by atoms with Gasteiger partial charge in [-0.2, -0.15) is 10.1 Å². The first-order valence-electron chi connectivity index (χ1n) is 7.06. The molecule has 2 aromatic heterocycles. The number of aryl methyl sites for hydroxylation is 2. The van der Waals surface area contributed by atoms with Crippen LogP contribution < -0.4 is 10.1 Å². The number of hydrogen-bond donors (Lipinski definition) is 2. The summed E-state index contributed by atoms with van der Waals surface area (Å²) in [5, 5.41) is 20.6. The van der Waals surface area contributed by atoms with Crippen LogP contribution in [-0.2, 0) is 0 Å². The summed E-state index contributed by atoms with van der Waals surface area (Å²) in [5.74, 6) is 1.57. The number of aromatic amines is 1. The monoisotopic (exact) mass is 326 g/mol. The number of anilines is 2. The molecule has 0 aliphatic heterocycles. The highest BCUT2D eigenvalue weighted by molar-refractivity contribution is 5.52. The standard InChI is InChI=1S/C15H14N6O3/c1-9-7-13(17-14-8-10(2)19-20-14)18-15(16-9)24-12-5-3-11(4-6-12)21(22)23/h3-8H,1-2H3,(H2,16,17,18,19,20). The minimum absolute atomic E-state index is 0.0104. The van der Waals surface area contributed by atoms with Gasteiger partial charge in [-0.1, -0.05) is 0 Å².